The van der Waals surface area contributed by atoms with Gasteiger partial charge in [0.1, 0.15) is 11.6 Å². The summed E-state index contributed by atoms with van der Waals surface area (Å²) in [6.45, 7) is 7.52. The monoisotopic (exact) mass is 584 g/mol. The van der Waals surface area contributed by atoms with Crippen LogP contribution < -0.4 is 22.4 Å². The van der Waals surface area contributed by atoms with Crippen LogP contribution in [0.2, 0.25) is 0 Å². The fraction of sp³-hybridized carbons (Fsp3) is 0.654. The van der Waals surface area contributed by atoms with Crippen molar-refractivity contribution in [1.29, 1.82) is 0 Å². The maximum Gasteiger partial charge on any atom is 0.351 e. The molecule has 2 aromatic rings. The van der Waals surface area contributed by atoms with Gasteiger partial charge in [0, 0.05) is 24.7 Å². The molecule has 8 atom stereocenters. The third kappa shape index (κ3) is 6.17. The lowest BCUT2D eigenvalue weighted by molar-refractivity contribution is -0.114. The summed E-state index contributed by atoms with van der Waals surface area (Å²) in [7, 11) is 0. The highest BCUT2D eigenvalue weighted by molar-refractivity contribution is 5.87. The van der Waals surface area contributed by atoms with E-state index in [0.29, 0.717) is 12.8 Å². The van der Waals surface area contributed by atoms with Crippen LogP contribution in [0.3, 0.4) is 0 Å². The Morgan fingerprint density at radius 2 is 1.54 bits per heavy atom. The van der Waals surface area contributed by atoms with Gasteiger partial charge in [-0.25, -0.2) is 18.4 Å². The average Bonchev–Trinajstić information content (AvgIpc) is 3.34. The number of rotatable bonds is 7. The number of carbonyl (C=O) groups is 1. The number of carbonyl (C=O) groups excluding carboxylic acids is 1. The number of aliphatic hydroxyl groups is 2. The minimum atomic E-state index is -1.65. The highest BCUT2D eigenvalue weighted by Gasteiger charge is 2.55. The molecule has 2 fully saturated rings. The Morgan fingerprint density at radius 1 is 1.00 bits per heavy atom. The van der Waals surface area contributed by atoms with Gasteiger partial charge in [-0.2, -0.15) is 9.97 Å². The number of aromatic nitrogens is 4. The number of alkyl halides is 2. The van der Waals surface area contributed by atoms with Crippen LogP contribution in [0.4, 0.5) is 20.4 Å². The molecule has 2 aromatic heterocycles. The van der Waals surface area contributed by atoms with Crippen LogP contribution in [-0.4, -0.2) is 73.0 Å². The van der Waals surface area contributed by atoms with Crippen LogP contribution in [0.5, 0.6) is 0 Å². The predicted molar refractivity (Wildman–Crippen MR) is 144 cm³/mol. The highest BCUT2D eigenvalue weighted by Crippen LogP contribution is 2.48. The Labute approximate surface area is 235 Å². The first kappa shape index (κ1) is 32.2. The highest BCUT2D eigenvalue weighted by atomic mass is 19.1. The third-order valence-corrected chi connectivity index (χ3v) is 8.01. The zero-order valence-corrected chi connectivity index (χ0v) is 23.7. The number of nitrogens with two attached hydrogens (primary N) is 1. The van der Waals surface area contributed by atoms with E-state index in [2.05, 4.69) is 15.3 Å². The summed E-state index contributed by atoms with van der Waals surface area (Å²) >= 11 is 0. The number of anilines is 2. The van der Waals surface area contributed by atoms with Crippen LogP contribution >= 0.6 is 0 Å². The summed E-state index contributed by atoms with van der Waals surface area (Å²) in [6.07, 6.45) is -2.35. The maximum atomic E-state index is 14.9. The minimum Gasteiger partial charge on any atom is -0.396 e. The van der Waals surface area contributed by atoms with Gasteiger partial charge in [-0.05, 0) is 25.0 Å². The van der Waals surface area contributed by atoms with E-state index in [1.165, 1.54) is 38.4 Å². The number of nitrogen functional groups attached to an aromatic ring is 1. The van der Waals surface area contributed by atoms with Crippen molar-refractivity contribution >= 4 is 17.5 Å². The van der Waals surface area contributed by atoms with Crippen molar-refractivity contribution in [2.75, 3.05) is 24.3 Å². The molecule has 0 bridgehead atoms. The van der Waals surface area contributed by atoms with E-state index in [0.717, 1.165) is 9.13 Å². The second-order valence-electron chi connectivity index (χ2n) is 10.7. The van der Waals surface area contributed by atoms with Crippen molar-refractivity contribution in [3.63, 3.8) is 0 Å². The third-order valence-electron chi connectivity index (χ3n) is 8.01. The SMILES string of the molecule is CC[C@H]1O[C@H](n2ccc(NC(C)=O)nc2=O)[C@@H](F)[C@]1(C)CC.C[C@]1(CO)[C@H](F)[C@@H](n2ccc(N)nc2=O)O[C@@H]1CO. The number of hydrogen-bond donors (Lipinski definition) is 4. The zero-order chi connectivity index (χ0) is 30.7. The fourth-order valence-electron chi connectivity index (χ4n) is 5.11. The summed E-state index contributed by atoms with van der Waals surface area (Å²) in [5, 5.41) is 20.9. The van der Waals surface area contributed by atoms with E-state index in [1.807, 2.05) is 20.8 Å². The van der Waals surface area contributed by atoms with Crippen LogP contribution in [0.25, 0.3) is 0 Å². The number of amides is 1. The number of nitrogens with one attached hydrogen (secondary N) is 1. The minimum absolute atomic E-state index is 0.0262. The van der Waals surface area contributed by atoms with Gasteiger partial charge in [0.25, 0.3) is 0 Å². The Balaban J connectivity index is 0.000000228. The van der Waals surface area contributed by atoms with Gasteiger partial charge in [0.15, 0.2) is 24.8 Å². The molecule has 2 aliphatic heterocycles. The second-order valence-corrected chi connectivity index (χ2v) is 10.7. The lowest BCUT2D eigenvalue weighted by Crippen LogP contribution is -2.41. The molecule has 1 amide bonds. The Morgan fingerprint density at radius 3 is 1.95 bits per heavy atom. The van der Waals surface area contributed by atoms with Crippen molar-refractivity contribution in [3.8, 4) is 0 Å². The van der Waals surface area contributed by atoms with Crippen LogP contribution in [0, 0.1) is 10.8 Å². The molecule has 0 unspecified atom stereocenters. The molecule has 2 aliphatic rings. The Hall–Kier alpha value is -3.27. The molecule has 15 heteroatoms. The van der Waals surface area contributed by atoms with Gasteiger partial charge in [-0.15, -0.1) is 0 Å². The standard InChI is InChI=1S/C15H22FN3O3.C11H16FN3O4/c1-5-10-15(4,6-2)12(16)13(22-10)19-8-7-11(17-9(3)20)18-14(19)21;1-11(5-17)6(4-16)19-9(8(11)12)15-3-2-7(13)14-10(15)18/h7-8,10,12-13H,5-6H2,1-4H3,(H,17,18,20,21);2-3,6,8-9,16-17H,4-5H2,1H3,(H2,13,14,18)/t10-,12-,13+,15-;6-,8-,9+,11-/m11/s1. The molecule has 4 rings (SSSR count). The summed E-state index contributed by atoms with van der Waals surface area (Å²) < 4.78 is 42.5. The van der Waals surface area contributed by atoms with E-state index >= 15 is 0 Å². The molecule has 5 N–H and O–H groups in total. The number of hydrogen-bond acceptors (Lipinski definition) is 10. The second kappa shape index (κ2) is 12.7. The van der Waals surface area contributed by atoms with Crippen molar-refractivity contribution in [3.05, 3.63) is 45.5 Å². The van der Waals surface area contributed by atoms with Crippen LogP contribution in [0.1, 0.15) is 59.9 Å². The van der Waals surface area contributed by atoms with E-state index in [1.54, 1.807) is 0 Å². The normalized spacial score (nSPS) is 32.8. The summed E-state index contributed by atoms with van der Waals surface area (Å²) in [5.74, 6) is -0.152. The maximum absolute atomic E-state index is 14.9. The van der Waals surface area contributed by atoms with Gasteiger partial charge in [-0.3, -0.25) is 13.9 Å². The number of nitrogens with zero attached hydrogens (tertiary/aromatic N) is 4. The van der Waals surface area contributed by atoms with Gasteiger partial charge < -0.3 is 30.7 Å². The molecule has 13 nitrogen and oxygen atoms in total. The molecule has 0 radical (unpaired) electrons. The van der Waals surface area contributed by atoms with Crippen molar-refractivity contribution in [1.82, 2.24) is 19.1 Å². The van der Waals surface area contributed by atoms with Gasteiger partial charge in [0.05, 0.1) is 30.8 Å². The zero-order valence-electron chi connectivity index (χ0n) is 23.7. The van der Waals surface area contributed by atoms with E-state index < -0.39 is 66.3 Å². The Kier molecular flexibility index (Phi) is 10.00. The Bertz CT molecular complexity index is 1340. The van der Waals surface area contributed by atoms with Crippen molar-refractivity contribution < 1.29 is 33.3 Å². The summed E-state index contributed by atoms with van der Waals surface area (Å²) in [5.41, 5.74) is 2.06. The van der Waals surface area contributed by atoms with E-state index in [9.17, 15) is 33.4 Å². The first-order valence-corrected chi connectivity index (χ1v) is 13.3. The first-order chi connectivity index (χ1) is 19.3. The molecule has 4 heterocycles. The van der Waals surface area contributed by atoms with E-state index in [4.69, 9.17) is 15.2 Å². The van der Waals surface area contributed by atoms with E-state index in [-0.39, 0.29) is 23.6 Å². The topological polar surface area (TPSA) is 184 Å². The molecule has 228 valence electrons. The lowest BCUT2D eigenvalue weighted by Gasteiger charge is -2.29. The molecule has 0 aliphatic carbocycles. The van der Waals surface area contributed by atoms with Gasteiger partial charge >= 0.3 is 11.4 Å². The van der Waals surface area contributed by atoms with Crippen molar-refractivity contribution in [2.24, 2.45) is 10.8 Å². The van der Waals surface area contributed by atoms with Crippen molar-refractivity contribution in [2.45, 2.75) is 84.5 Å². The average molecular weight is 585 g/mol. The van der Waals surface area contributed by atoms with Gasteiger partial charge in [-0.1, -0.05) is 27.7 Å². The molecule has 2 saturated heterocycles. The smallest absolute Gasteiger partial charge is 0.351 e. The van der Waals surface area contributed by atoms with Gasteiger partial charge in [0.2, 0.25) is 5.91 Å². The molecular weight excluding hydrogens is 546 g/mol. The number of halogens is 2. The molecule has 0 aromatic carbocycles. The predicted octanol–water partition coefficient (Wildman–Crippen LogP) is 1.32. The molecule has 0 saturated carbocycles. The van der Waals surface area contributed by atoms with Crippen LogP contribution in [0.15, 0.2) is 34.1 Å². The molecule has 0 spiro atoms. The van der Waals surface area contributed by atoms with Crippen LogP contribution in [-0.2, 0) is 14.3 Å². The first-order valence-electron chi connectivity index (χ1n) is 13.3. The lowest BCUT2D eigenvalue weighted by atomic mass is 9.78. The largest absolute Gasteiger partial charge is 0.396 e. The number of aliphatic hydroxyl groups excluding tert-OH is 2. The molecule has 41 heavy (non-hydrogen) atoms. The number of ether oxygens (including phenoxy) is 2. The molecular formula is C26H38F2N6O7. The quantitative estimate of drug-likeness (QED) is 0.370. The summed E-state index contributed by atoms with van der Waals surface area (Å²) in [6, 6.07) is 2.81. The fourth-order valence-corrected chi connectivity index (χ4v) is 5.11. The summed E-state index contributed by atoms with van der Waals surface area (Å²) in [4.78, 5) is 42.0.